The SMILES string of the molecule is COC[C@]1(O)CC[C@H]2[C@H](CC[C@@H]3[C@@H]2CC[C@]2(C)[C@@H](C(=O)CSC)CC[C@@H]32)C1.CSCC(=O)[C@H]1CC[C@H]2[C@@H]3CC[C@@H]4C[C@](O)(C#CC5CC5)CC[C@@H]4[C@H]3CC[C@]12C.CSCC(=O)[C@H]1CC[C@H]2[C@@H]3CC[C@@H]4C[C@](O)(C#CCl)CC[C@@H]4[C@H]3CC[C@]12C.CSCC(=O)[C@H]1CC[C@H]2[C@@H]3CC[C@@H]4C[C@](O)(C(F)F)CC[C@@H]4[C@H]3CC[C@]12C.CSCC(=O)[C@H]1CC[C@H]2[C@@H]3CC[C@@H]4C[C@](O)(CF)CC[C@@H]4[C@H]3CC[C@]12C. The molecule has 0 aromatic heterocycles. The number of fused-ring (bicyclic) bond motifs is 25. The number of rotatable bonds is 19. The summed E-state index contributed by atoms with van der Waals surface area (Å²) in [5.74, 6) is 34.9. The maximum Gasteiger partial charge on any atom is 0.266 e. The summed E-state index contributed by atoms with van der Waals surface area (Å²) >= 11 is 14.0. The first-order valence-electron chi connectivity index (χ1n) is 55.7. The van der Waals surface area contributed by atoms with Gasteiger partial charge in [-0.05, 0) is 520 Å². The highest BCUT2D eigenvalue weighted by Gasteiger charge is 2.67. The number of ether oxygens (including phenoxy) is 1. The molecule has 0 spiro atoms. The van der Waals surface area contributed by atoms with Crippen LogP contribution in [-0.2, 0) is 28.7 Å². The fourth-order valence-electron chi connectivity index (χ4n) is 39.9. The molecule has 0 amide bonds. The predicted molar refractivity (Wildman–Crippen MR) is 553 cm³/mol. The monoisotopic (exact) mass is 2000 g/mol. The molecular formula is C116H178ClF3O11S5. The number of ketones is 5. The van der Waals surface area contributed by atoms with Gasteiger partial charge in [0.05, 0.1) is 46.6 Å². The van der Waals surface area contributed by atoms with Gasteiger partial charge in [0.15, 0.2) is 0 Å². The van der Waals surface area contributed by atoms with Gasteiger partial charge in [-0.2, -0.15) is 58.8 Å². The second kappa shape index (κ2) is 43.3. The summed E-state index contributed by atoms with van der Waals surface area (Å²) in [4.78, 5) is 63.8. The number of methoxy groups -OCH3 is 1. The first-order valence-corrected chi connectivity index (χ1v) is 63.0. The van der Waals surface area contributed by atoms with E-state index in [2.05, 4.69) is 70.3 Å². The van der Waals surface area contributed by atoms with Crippen LogP contribution in [0.4, 0.5) is 13.2 Å². The fraction of sp³-hybridized carbons (Fsp3) is 0.922. The number of Topliss-reactive ketones (excluding diaryl/α,β-unsaturated/α-hetero) is 5. The Bertz CT molecular complexity index is 4310. The predicted octanol–water partition coefficient (Wildman–Crippen LogP) is 25.1. The summed E-state index contributed by atoms with van der Waals surface area (Å²) in [5.41, 5.74) is -3.83. The lowest BCUT2D eigenvalue weighted by Crippen LogP contribution is -2.53. The Morgan fingerprint density at radius 1 is 0.324 bits per heavy atom. The lowest BCUT2D eigenvalue weighted by molar-refractivity contribution is -0.160. The fourth-order valence-corrected chi connectivity index (χ4v) is 42.6. The zero-order chi connectivity index (χ0) is 96.6. The zero-order valence-electron chi connectivity index (χ0n) is 85.4. The second-order valence-corrected chi connectivity index (χ2v) is 56.5. The summed E-state index contributed by atoms with van der Waals surface area (Å²) in [6.45, 7) is 12.0. The first-order chi connectivity index (χ1) is 65.0. The van der Waals surface area contributed by atoms with Crippen molar-refractivity contribution in [2.75, 3.05) is 80.4 Å². The van der Waals surface area contributed by atoms with Crippen molar-refractivity contribution in [2.24, 2.45) is 211 Å². The van der Waals surface area contributed by atoms with E-state index in [-0.39, 0.29) is 57.7 Å². The number of thioether (sulfide) groups is 5. The molecule has 0 aromatic carbocycles. The van der Waals surface area contributed by atoms with E-state index < -0.39 is 41.1 Å². The molecule has 21 aliphatic rings. The van der Waals surface area contributed by atoms with Crippen molar-refractivity contribution in [3.8, 4) is 23.1 Å². The largest absolute Gasteiger partial charge is 0.387 e. The lowest BCUT2D eigenvalue weighted by Gasteiger charge is -2.57. The highest BCUT2D eigenvalue weighted by molar-refractivity contribution is 8.00. The maximum atomic E-state index is 13.3. The van der Waals surface area contributed by atoms with Crippen LogP contribution in [0, 0.1) is 234 Å². The van der Waals surface area contributed by atoms with Crippen LogP contribution in [0.1, 0.15) is 336 Å². The van der Waals surface area contributed by atoms with Crippen LogP contribution in [0.5, 0.6) is 0 Å². The van der Waals surface area contributed by atoms with Crippen LogP contribution < -0.4 is 0 Å². The molecule has 20 heteroatoms. The average molecular weight is 2000 g/mol. The molecule has 0 radical (unpaired) electrons. The van der Waals surface area contributed by atoms with Crippen molar-refractivity contribution in [2.45, 2.75) is 371 Å². The van der Waals surface area contributed by atoms with E-state index in [1.807, 2.05) is 18.8 Å². The van der Waals surface area contributed by atoms with Gasteiger partial charge in [-0.15, -0.1) is 0 Å². The van der Waals surface area contributed by atoms with Crippen LogP contribution in [0.3, 0.4) is 0 Å². The van der Waals surface area contributed by atoms with E-state index in [0.717, 1.165) is 205 Å². The number of carbonyl (C=O) groups excluding carboxylic acids is 5. The van der Waals surface area contributed by atoms with Crippen molar-refractivity contribution in [1.82, 2.24) is 0 Å². The van der Waals surface area contributed by atoms with Crippen LogP contribution in [0.15, 0.2) is 0 Å². The molecule has 21 saturated carbocycles. The normalized spacial score (nSPS) is 49.3. The molecule has 136 heavy (non-hydrogen) atoms. The van der Waals surface area contributed by atoms with Gasteiger partial charge >= 0.3 is 0 Å². The Labute approximate surface area is 845 Å². The van der Waals surface area contributed by atoms with Crippen LogP contribution in [-0.4, -0.2) is 169 Å². The molecule has 0 saturated heterocycles. The molecule has 11 nitrogen and oxygen atoms in total. The number of aliphatic hydroxyl groups is 5. The van der Waals surface area contributed by atoms with Crippen LogP contribution >= 0.6 is 70.4 Å². The van der Waals surface area contributed by atoms with E-state index in [9.17, 15) is 62.7 Å². The van der Waals surface area contributed by atoms with Gasteiger partial charge in [-0.3, -0.25) is 24.0 Å². The topological polar surface area (TPSA) is 196 Å². The van der Waals surface area contributed by atoms with Gasteiger partial charge < -0.3 is 30.3 Å². The molecule has 21 aliphatic carbocycles. The second-order valence-electron chi connectivity index (χ2n) is 52.0. The maximum absolute atomic E-state index is 13.3. The van der Waals surface area contributed by atoms with Crippen LogP contribution in [0.25, 0.3) is 0 Å². The standard InChI is InChI=1S/C26H38O2S.C23H33ClO2S.C23H38O3S.C22H34F2O2S.C22H35FO2S/c1-25-12-10-20-19-11-14-26(28,13-9-17-3-4-17)15-18(19)5-6-21(20)22(25)7-8-23(25)24(27)16-29-2;1-22-9-7-17-16-8-10-23(26,11-12-24)13-15(16)3-4-18(17)19(22)5-6-20(22)21(25)14-27-2;1-22-10-8-17-16-9-11-23(25,14-26-2)12-15(16)4-5-18(17)19(22)6-7-20(22)21(24)13-27-3;1-21-9-7-15-14-8-10-22(26,20(23)24)11-13(14)3-4-16(15)17(21)5-6-18(21)19(25)12-27-2;1-21-9-7-16-15-8-10-22(25,13-23)11-14(15)3-4-17(16)18(21)5-6-19(21)20(24)12-26-2/h17-23,28H,3-8,10-12,14-16H2,1-2H3;15-20,26H,3-10,13-14H2,1-2H3;15-20,25H,4-14H2,1-3H3;13-18,20,26H,3-12H2,1-2H3;14-19,25H,3-13H2,1-2H3/t18-,19+,20-,21-,22+,23-,25+,26+;15-,16+,17-,18-,19+,20-,22+,23-;15-,16+,17-,18-,19+,20-,22+,23+;13-,14+,15-,16-,17+,18-,21+,22+;14-,15+,16-,17-,18+,19-,21+,22+/m11111/s1. The third-order valence-electron chi connectivity index (χ3n) is 46.1. The molecular weight excluding hydrogens is 1820 g/mol. The highest BCUT2D eigenvalue weighted by atomic mass is 35.5. The molecule has 766 valence electrons. The minimum atomic E-state index is -2.62. The minimum Gasteiger partial charge on any atom is -0.387 e. The van der Waals surface area contributed by atoms with E-state index in [1.165, 1.54) is 154 Å². The molecule has 0 heterocycles. The van der Waals surface area contributed by atoms with Crippen molar-refractivity contribution in [3.63, 3.8) is 0 Å². The van der Waals surface area contributed by atoms with Crippen molar-refractivity contribution in [3.05, 3.63) is 0 Å². The summed E-state index contributed by atoms with van der Waals surface area (Å²) in [6, 6.07) is 0. The molecule has 0 aromatic rings. The van der Waals surface area contributed by atoms with Gasteiger partial charge in [0, 0.05) is 48.0 Å². The van der Waals surface area contributed by atoms with Crippen molar-refractivity contribution in [1.29, 1.82) is 0 Å². The third kappa shape index (κ3) is 20.7. The molecule has 0 unspecified atom stereocenters. The molecule has 5 N–H and O–H groups in total. The summed E-state index contributed by atoms with van der Waals surface area (Å²) in [5, 5.41) is 55.9. The third-order valence-corrected chi connectivity index (χ3v) is 49.0. The van der Waals surface area contributed by atoms with E-state index in [1.54, 1.807) is 65.9 Å². The zero-order valence-corrected chi connectivity index (χ0v) is 90.2. The Kier molecular flexibility index (Phi) is 33.9. The van der Waals surface area contributed by atoms with Crippen molar-refractivity contribution >= 4 is 99.3 Å². The molecule has 0 bridgehead atoms. The Balaban J connectivity index is 0.000000118. The molecule has 21 rings (SSSR count). The molecule has 0 aliphatic heterocycles. The summed E-state index contributed by atoms with van der Waals surface area (Å²) in [6.07, 6.45) is 58.5. The molecule has 21 fully saturated rings. The smallest absolute Gasteiger partial charge is 0.266 e. The summed E-state index contributed by atoms with van der Waals surface area (Å²) in [7, 11) is 1.71. The van der Waals surface area contributed by atoms with Gasteiger partial charge in [0.2, 0.25) is 0 Å². The number of alkyl halides is 3. The Hall–Kier alpha value is -0.940. The quantitative estimate of drug-likeness (QED) is 0.0766. The summed E-state index contributed by atoms with van der Waals surface area (Å²) < 4.78 is 45.2. The van der Waals surface area contributed by atoms with Gasteiger partial charge in [-0.1, -0.05) is 52.4 Å². The minimum absolute atomic E-state index is 0.152. The number of hydrogen-bond acceptors (Lipinski definition) is 16. The lowest BCUT2D eigenvalue weighted by atomic mass is 9.49. The number of carbonyl (C=O) groups is 5. The van der Waals surface area contributed by atoms with E-state index >= 15 is 0 Å². The van der Waals surface area contributed by atoms with Gasteiger partial charge in [0.25, 0.3) is 6.43 Å². The van der Waals surface area contributed by atoms with E-state index in [4.69, 9.17) is 16.3 Å². The Morgan fingerprint density at radius 2 is 0.588 bits per heavy atom. The van der Waals surface area contributed by atoms with Gasteiger partial charge in [-0.25, -0.2) is 13.2 Å². The first kappa shape index (κ1) is 106. The number of hydrogen-bond donors (Lipinski definition) is 5. The Morgan fingerprint density at radius 3 is 0.868 bits per heavy atom. The average Bonchev–Trinajstić information content (AvgIpc) is 1.66. The van der Waals surface area contributed by atoms with Crippen LogP contribution in [0.2, 0.25) is 0 Å². The van der Waals surface area contributed by atoms with Crippen molar-refractivity contribution < 1.29 is 67.4 Å². The number of halogens is 4. The van der Waals surface area contributed by atoms with E-state index in [0.29, 0.717) is 160 Å². The van der Waals surface area contributed by atoms with Gasteiger partial charge in [0.1, 0.15) is 52.4 Å². The molecule has 40 atom stereocenters. The highest BCUT2D eigenvalue weighted by Crippen LogP contribution is 2.72.